The Kier molecular flexibility index (Phi) is 5.32. The van der Waals surface area contributed by atoms with Crippen LogP contribution in [-0.4, -0.2) is 40.8 Å². The number of hydrogen-bond acceptors (Lipinski definition) is 5. The molecule has 0 N–H and O–H groups in total. The predicted molar refractivity (Wildman–Crippen MR) is 88.0 cm³/mol. The Bertz CT molecular complexity index is 632. The molecule has 1 aliphatic heterocycles. The highest BCUT2D eigenvalue weighted by Crippen LogP contribution is 2.32. The lowest BCUT2D eigenvalue weighted by Crippen LogP contribution is -2.31. The van der Waals surface area contributed by atoms with Crippen molar-refractivity contribution in [3.63, 3.8) is 0 Å². The molecule has 0 aliphatic carbocycles. The third kappa shape index (κ3) is 4.53. The van der Waals surface area contributed by atoms with Gasteiger partial charge in [-0.3, -0.25) is 0 Å². The molecule has 1 aliphatic rings. The summed E-state index contributed by atoms with van der Waals surface area (Å²) in [6, 6.07) is 0. The van der Waals surface area contributed by atoms with Crippen LogP contribution in [0.4, 0.5) is 14.6 Å². The van der Waals surface area contributed by atoms with E-state index in [1.54, 1.807) is 32.6 Å². The number of aromatic nitrogens is 2. The summed E-state index contributed by atoms with van der Waals surface area (Å²) in [5.41, 5.74) is -0.0652. The van der Waals surface area contributed by atoms with Crippen LogP contribution in [0.5, 0.6) is 0 Å². The largest absolute Gasteiger partial charge is 0.456 e. The van der Waals surface area contributed by atoms with E-state index in [1.165, 1.54) is 0 Å². The Morgan fingerprint density at radius 2 is 1.92 bits per heavy atom. The molecule has 2 heterocycles. The standard InChI is InChI=1S/C16H22ClF2N3O2/c1-10-11(14(23)24-15(2,3)4)13(21-20-12(10)17)22-8-5-6-16(18,19)7-9-22/h5-9H2,1-4H3. The van der Waals surface area contributed by atoms with Gasteiger partial charge >= 0.3 is 5.97 Å². The van der Waals surface area contributed by atoms with Crippen LogP contribution in [-0.2, 0) is 4.74 Å². The molecule has 0 radical (unpaired) electrons. The molecule has 1 fully saturated rings. The number of anilines is 1. The van der Waals surface area contributed by atoms with E-state index in [0.29, 0.717) is 18.5 Å². The lowest BCUT2D eigenvalue weighted by Gasteiger charge is -2.26. The molecule has 1 saturated heterocycles. The molecular formula is C16H22ClF2N3O2. The Labute approximate surface area is 145 Å². The van der Waals surface area contributed by atoms with E-state index >= 15 is 0 Å². The average Bonchev–Trinajstić information content (AvgIpc) is 2.60. The van der Waals surface area contributed by atoms with Crippen LogP contribution in [0.1, 0.15) is 56.0 Å². The van der Waals surface area contributed by atoms with E-state index in [1.807, 2.05) is 0 Å². The molecule has 0 unspecified atom stereocenters. The van der Waals surface area contributed by atoms with Gasteiger partial charge in [0.2, 0.25) is 5.92 Å². The van der Waals surface area contributed by atoms with Gasteiger partial charge in [-0.25, -0.2) is 13.6 Å². The second-order valence-corrected chi connectivity index (χ2v) is 7.37. The van der Waals surface area contributed by atoms with Crippen molar-refractivity contribution in [1.82, 2.24) is 10.2 Å². The molecule has 8 heteroatoms. The van der Waals surface area contributed by atoms with Gasteiger partial charge in [-0.15, -0.1) is 10.2 Å². The van der Waals surface area contributed by atoms with Gasteiger partial charge in [-0.2, -0.15) is 0 Å². The van der Waals surface area contributed by atoms with Crippen molar-refractivity contribution in [2.24, 2.45) is 0 Å². The molecular weight excluding hydrogens is 340 g/mol. The first kappa shape index (κ1) is 18.8. The Hall–Kier alpha value is -1.50. The summed E-state index contributed by atoms with van der Waals surface area (Å²) in [7, 11) is 0. The summed E-state index contributed by atoms with van der Waals surface area (Å²) in [6.45, 7) is 7.37. The number of carbonyl (C=O) groups is 1. The van der Waals surface area contributed by atoms with Crippen LogP contribution < -0.4 is 4.90 Å². The monoisotopic (exact) mass is 361 g/mol. The van der Waals surface area contributed by atoms with E-state index in [2.05, 4.69) is 10.2 Å². The highest BCUT2D eigenvalue weighted by molar-refractivity contribution is 6.30. The van der Waals surface area contributed by atoms with Crippen molar-refractivity contribution in [1.29, 1.82) is 0 Å². The van der Waals surface area contributed by atoms with E-state index in [9.17, 15) is 13.6 Å². The van der Waals surface area contributed by atoms with Gasteiger partial charge in [0.25, 0.3) is 0 Å². The molecule has 0 aromatic carbocycles. The van der Waals surface area contributed by atoms with E-state index < -0.39 is 17.5 Å². The van der Waals surface area contributed by atoms with Gasteiger partial charge in [-0.05, 0) is 34.1 Å². The molecule has 5 nitrogen and oxygen atoms in total. The van der Waals surface area contributed by atoms with Gasteiger partial charge in [0.1, 0.15) is 11.2 Å². The zero-order valence-corrected chi connectivity index (χ0v) is 15.1. The lowest BCUT2D eigenvalue weighted by molar-refractivity contribution is -0.0102. The smallest absolute Gasteiger partial charge is 0.342 e. The predicted octanol–water partition coefficient (Wildman–Crippen LogP) is 4.02. The van der Waals surface area contributed by atoms with Gasteiger partial charge in [0, 0.05) is 31.5 Å². The Morgan fingerprint density at radius 1 is 1.25 bits per heavy atom. The zero-order chi connectivity index (χ0) is 18.1. The van der Waals surface area contributed by atoms with Crippen molar-refractivity contribution in [3.8, 4) is 0 Å². The number of alkyl halides is 2. The summed E-state index contributed by atoms with van der Waals surface area (Å²) in [4.78, 5) is 14.2. The fourth-order valence-electron chi connectivity index (χ4n) is 2.56. The molecule has 1 aromatic rings. The fraction of sp³-hybridized carbons (Fsp3) is 0.688. The molecule has 0 bridgehead atoms. The number of carbonyl (C=O) groups excluding carboxylic acids is 1. The minimum absolute atomic E-state index is 0.0958. The first-order valence-electron chi connectivity index (χ1n) is 7.89. The second-order valence-electron chi connectivity index (χ2n) is 7.01. The van der Waals surface area contributed by atoms with Crippen molar-refractivity contribution >= 4 is 23.4 Å². The Balaban J connectivity index is 2.39. The lowest BCUT2D eigenvalue weighted by atomic mass is 10.1. The maximum absolute atomic E-state index is 13.6. The first-order chi connectivity index (χ1) is 11.0. The van der Waals surface area contributed by atoms with Gasteiger partial charge in [0.15, 0.2) is 11.0 Å². The highest BCUT2D eigenvalue weighted by Gasteiger charge is 2.34. The number of nitrogens with zero attached hydrogens (tertiary/aromatic N) is 3. The van der Waals surface area contributed by atoms with Crippen molar-refractivity contribution in [2.75, 3.05) is 18.0 Å². The summed E-state index contributed by atoms with van der Waals surface area (Å²) < 4.78 is 32.6. The molecule has 0 spiro atoms. The zero-order valence-electron chi connectivity index (χ0n) is 14.3. The minimum Gasteiger partial charge on any atom is -0.456 e. The number of halogens is 3. The van der Waals surface area contributed by atoms with Crippen LogP contribution >= 0.6 is 11.6 Å². The van der Waals surface area contributed by atoms with Crippen molar-refractivity contribution in [2.45, 2.75) is 58.5 Å². The highest BCUT2D eigenvalue weighted by atomic mass is 35.5. The third-order valence-corrected chi connectivity index (χ3v) is 4.12. The van der Waals surface area contributed by atoms with Crippen LogP contribution in [0.3, 0.4) is 0 Å². The number of ether oxygens (including phenoxy) is 1. The fourth-order valence-corrected chi connectivity index (χ4v) is 2.69. The van der Waals surface area contributed by atoms with E-state index in [-0.39, 0.29) is 35.9 Å². The molecule has 134 valence electrons. The number of esters is 1. The quantitative estimate of drug-likeness (QED) is 0.745. The van der Waals surface area contributed by atoms with Gasteiger partial charge in [-0.1, -0.05) is 11.6 Å². The maximum atomic E-state index is 13.6. The Morgan fingerprint density at radius 3 is 2.54 bits per heavy atom. The normalized spacial score (nSPS) is 18.2. The molecule has 2 rings (SSSR count). The van der Waals surface area contributed by atoms with E-state index in [0.717, 1.165) is 0 Å². The van der Waals surface area contributed by atoms with Crippen LogP contribution in [0.2, 0.25) is 5.15 Å². The molecule has 0 saturated carbocycles. The third-order valence-electron chi connectivity index (χ3n) is 3.76. The number of rotatable bonds is 2. The molecule has 1 aromatic heterocycles. The summed E-state index contributed by atoms with van der Waals surface area (Å²) in [5.74, 6) is -3.03. The molecule has 0 amide bonds. The summed E-state index contributed by atoms with van der Waals surface area (Å²) >= 11 is 6.00. The minimum atomic E-state index is -2.70. The van der Waals surface area contributed by atoms with Gasteiger partial charge in [0.05, 0.1) is 0 Å². The van der Waals surface area contributed by atoms with Crippen LogP contribution in [0, 0.1) is 6.92 Å². The number of hydrogen-bond donors (Lipinski definition) is 0. The maximum Gasteiger partial charge on any atom is 0.342 e. The van der Waals surface area contributed by atoms with Crippen LogP contribution in [0.25, 0.3) is 0 Å². The van der Waals surface area contributed by atoms with Gasteiger partial charge < -0.3 is 9.64 Å². The van der Waals surface area contributed by atoms with Crippen molar-refractivity contribution < 1.29 is 18.3 Å². The summed E-state index contributed by atoms with van der Waals surface area (Å²) in [6.07, 6.45) is -0.153. The molecule has 24 heavy (non-hydrogen) atoms. The van der Waals surface area contributed by atoms with Crippen LogP contribution in [0.15, 0.2) is 0 Å². The average molecular weight is 362 g/mol. The second kappa shape index (κ2) is 6.78. The topological polar surface area (TPSA) is 55.3 Å². The summed E-state index contributed by atoms with van der Waals surface area (Å²) in [5, 5.41) is 7.94. The molecule has 0 atom stereocenters. The van der Waals surface area contributed by atoms with E-state index in [4.69, 9.17) is 16.3 Å². The van der Waals surface area contributed by atoms with Crippen molar-refractivity contribution in [3.05, 3.63) is 16.3 Å². The first-order valence-corrected chi connectivity index (χ1v) is 8.27. The SMILES string of the molecule is Cc1c(Cl)nnc(N2CCCC(F)(F)CC2)c1C(=O)OC(C)(C)C.